The number of rotatable bonds is 4. The molecule has 0 fully saturated rings. The lowest BCUT2D eigenvalue weighted by Crippen LogP contribution is -2.20. The van der Waals surface area contributed by atoms with Crippen molar-refractivity contribution in [2.45, 2.75) is 6.04 Å². The van der Waals surface area contributed by atoms with Gasteiger partial charge in [-0.25, -0.2) is 4.68 Å². The standard InChI is InChI=1S/C22H15Cl2N5O2/c23-14-9-7-13(8-10-14)17-12-18(15-4-1-2-5-16(15)24)29-22(25-17)27-21(28-29)26-20(30)19-6-3-11-31-19/h1-12,18H,(H2,25,26,27,28,30). The van der Waals surface area contributed by atoms with Crippen molar-refractivity contribution in [3.8, 4) is 0 Å². The third kappa shape index (κ3) is 3.81. The summed E-state index contributed by atoms with van der Waals surface area (Å²) in [6, 6.07) is 17.9. The fourth-order valence-electron chi connectivity index (χ4n) is 3.35. The molecule has 5 rings (SSSR count). The van der Waals surface area contributed by atoms with Crippen LogP contribution in [0.1, 0.15) is 27.7 Å². The highest BCUT2D eigenvalue weighted by atomic mass is 35.5. The van der Waals surface area contributed by atoms with Gasteiger partial charge in [0.25, 0.3) is 11.9 Å². The van der Waals surface area contributed by atoms with Gasteiger partial charge in [-0.2, -0.15) is 4.98 Å². The van der Waals surface area contributed by atoms with Crippen LogP contribution in [0.4, 0.5) is 11.9 Å². The van der Waals surface area contributed by atoms with E-state index in [1.165, 1.54) is 6.26 Å². The van der Waals surface area contributed by atoms with E-state index in [-0.39, 0.29) is 17.8 Å². The van der Waals surface area contributed by atoms with Crippen LogP contribution in [0.2, 0.25) is 10.0 Å². The van der Waals surface area contributed by atoms with Crippen molar-refractivity contribution in [3.63, 3.8) is 0 Å². The van der Waals surface area contributed by atoms with Crippen LogP contribution in [0.5, 0.6) is 0 Å². The average molecular weight is 452 g/mol. The second-order valence-corrected chi connectivity index (χ2v) is 7.66. The van der Waals surface area contributed by atoms with Crippen LogP contribution in [0, 0.1) is 0 Å². The van der Waals surface area contributed by atoms with Crippen molar-refractivity contribution in [2.75, 3.05) is 10.6 Å². The topological polar surface area (TPSA) is 85.0 Å². The van der Waals surface area contributed by atoms with Crippen LogP contribution in [0.25, 0.3) is 5.70 Å². The molecule has 9 heteroatoms. The maximum Gasteiger partial charge on any atom is 0.293 e. The van der Waals surface area contributed by atoms with Crippen molar-refractivity contribution in [1.29, 1.82) is 0 Å². The summed E-state index contributed by atoms with van der Waals surface area (Å²) < 4.78 is 6.81. The molecule has 31 heavy (non-hydrogen) atoms. The predicted octanol–water partition coefficient (Wildman–Crippen LogP) is 5.49. The van der Waals surface area contributed by atoms with Gasteiger partial charge >= 0.3 is 0 Å². The number of benzene rings is 2. The fourth-order valence-corrected chi connectivity index (χ4v) is 3.72. The SMILES string of the molecule is O=C(Nc1nc2n(n1)C(c1ccccc1Cl)C=C(c1ccc(Cl)cc1)N2)c1ccco1. The molecule has 0 spiro atoms. The Balaban J connectivity index is 1.55. The van der Waals surface area contributed by atoms with Gasteiger partial charge in [0.2, 0.25) is 5.95 Å². The number of hydrogen-bond acceptors (Lipinski definition) is 5. The number of carbonyl (C=O) groups is 1. The Morgan fingerprint density at radius 3 is 2.61 bits per heavy atom. The van der Waals surface area contributed by atoms with E-state index in [0.717, 1.165) is 16.8 Å². The number of anilines is 2. The Kier molecular flexibility index (Phi) is 4.97. The Hall–Kier alpha value is -3.55. The molecule has 2 aromatic carbocycles. The maximum absolute atomic E-state index is 12.4. The molecule has 154 valence electrons. The summed E-state index contributed by atoms with van der Waals surface area (Å²) in [5.74, 6) is 0.343. The molecule has 0 aliphatic carbocycles. The Labute approximate surface area is 187 Å². The highest BCUT2D eigenvalue weighted by Crippen LogP contribution is 2.36. The molecule has 7 nitrogen and oxygen atoms in total. The number of nitrogens with one attached hydrogen (secondary N) is 2. The highest BCUT2D eigenvalue weighted by Gasteiger charge is 2.27. The first-order valence-corrected chi connectivity index (χ1v) is 10.1. The summed E-state index contributed by atoms with van der Waals surface area (Å²) in [6.07, 6.45) is 3.43. The lowest BCUT2D eigenvalue weighted by Gasteiger charge is -2.24. The van der Waals surface area contributed by atoms with Crippen molar-refractivity contribution in [2.24, 2.45) is 0 Å². The molecule has 2 aromatic heterocycles. The molecular weight excluding hydrogens is 437 g/mol. The number of halogens is 2. The van der Waals surface area contributed by atoms with E-state index in [9.17, 15) is 4.79 Å². The number of nitrogens with zero attached hydrogens (tertiary/aromatic N) is 3. The first-order chi connectivity index (χ1) is 15.1. The minimum absolute atomic E-state index is 0.145. The summed E-state index contributed by atoms with van der Waals surface area (Å²) in [4.78, 5) is 16.8. The zero-order chi connectivity index (χ0) is 21.4. The predicted molar refractivity (Wildman–Crippen MR) is 119 cm³/mol. The normalized spacial score (nSPS) is 15.0. The summed E-state index contributed by atoms with van der Waals surface area (Å²) >= 11 is 12.5. The second kappa shape index (κ2) is 7.94. The minimum Gasteiger partial charge on any atom is -0.459 e. The van der Waals surface area contributed by atoms with Gasteiger partial charge in [0.1, 0.15) is 6.04 Å². The number of hydrogen-bond donors (Lipinski definition) is 2. The van der Waals surface area contributed by atoms with Gasteiger partial charge in [-0.15, -0.1) is 5.10 Å². The molecule has 0 saturated heterocycles. The van der Waals surface area contributed by atoms with E-state index in [1.807, 2.05) is 54.6 Å². The number of furan rings is 1. The van der Waals surface area contributed by atoms with E-state index >= 15 is 0 Å². The molecule has 0 bridgehead atoms. The molecule has 2 N–H and O–H groups in total. The molecule has 0 saturated carbocycles. The Bertz CT molecular complexity index is 1280. The van der Waals surface area contributed by atoms with E-state index < -0.39 is 5.91 Å². The molecule has 1 unspecified atom stereocenters. The number of carbonyl (C=O) groups excluding carboxylic acids is 1. The summed E-state index contributed by atoms with van der Waals surface area (Å²) in [6.45, 7) is 0. The van der Waals surface area contributed by atoms with Crippen molar-refractivity contribution < 1.29 is 9.21 Å². The fraction of sp³-hybridized carbons (Fsp3) is 0.0455. The van der Waals surface area contributed by atoms with Crippen LogP contribution >= 0.6 is 23.2 Å². The molecule has 4 aromatic rings. The number of fused-ring (bicyclic) bond motifs is 1. The van der Waals surface area contributed by atoms with Crippen molar-refractivity contribution in [3.05, 3.63) is 99.9 Å². The number of amides is 1. The Morgan fingerprint density at radius 1 is 1.06 bits per heavy atom. The van der Waals surface area contributed by atoms with Gasteiger partial charge in [0.05, 0.1) is 6.26 Å². The molecule has 3 heterocycles. The van der Waals surface area contributed by atoms with Crippen molar-refractivity contribution in [1.82, 2.24) is 14.8 Å². The maximum atomic E-state index is 12.4. The summed E-state index contributed by atoms with van der Waals surface area (Å²) in [5, 5.41) is 11.7. The highest BCUT2D eigenvalue weighted by molar-refractivity contribution is 6.31. The van der Waals surface area contributed by atoms with E-state index in [2.05, 4.69) is 20.7 Å². The van der Waals surface area contributed by atoms with Crippen molar-refractivity contribution >= 4 is 46.7 Å². The smallest absolute Gasteiger partial charge is 0.293 e. The zero-order valence-electron chi connectivity index (χ0n) is 15.9. The van der Waals surface area contributed by atoms with E-state index in [0.29, 0.717) is 16.0 Å². The molecule has 1 amide bonds. The van der Waals surface area contributed by atoms with Crippen LogP contribution in [0.15, 0.2) is 77.4 Å². The molecule has 1 atom stereocenters. The third-order valence-corrected chi connectivity index (χ3v) is 5.41. The lowest BCUT2D eigenvalue weighted by molar-refractivity contribution is 0.0996. The number of allylic oxidation sites excluding steroid dienone is 1. The van der Waals surface area contributed by atoms with Gasteiger partial charge in [0, 0.05) is 15.7 Å². The van der Waals surface area contributed by atoms with Crippen LogP contribution < -0.4 is 10.6 Å². The largest absolute Gasteiger partial charge is 0.459 e. The minimum atomic E-state index is -0.437. The van der Waals surface area contributed by atoms with Gasteiger partial charge in [0.15, 0.2) is 5.76 Å². The second-order valence-electron chi connectivity index (χ2n) is 6.81. The van der Waals surface area contributed by atoms with Crippen LogP contribution in [-0.2, 0) is 0 Å². The first-order valence-electron chi connectivity index (χ1n) is 9.39. The number of aromatic nitrogens is 3. The van der Waals surface area contributed by atoms with Gasteiger partial charge in [-0.3, -0.25) is 10.1 Å². The quantitative estimate of drug-likeness (QED) is 0.428. The van der Waals surface area contributed by atoms with E-state index in [1.54, 1.807) is 16.8 Å². The third-order valence-electron chi connectivity index (χ3n) is 4.82. The molecular formula is C22H15Cl2N5O2. The summed E-state index contributed by atoms with van der Waals surface area (Å²) in [7, 11) is 0. The molecule has 0 radical (unpaired) electrons. The van der Waals surface area contributed by atoms with E-state index in [4.69, 9.17) is 27.6 Å². The van der Waals surface area contributed by atoms with Crippen LogP contribution in [0.3, 0.4) is 0 Å². The van der Waals surface area contributed by atoms with Gasteiger partial charge in [-0.1, -0.05) is 53.5 Å². The lowest BCUT2D eigenvalue weighted by atomic mass is 10.0. The zero-order valence-corrected chi connectivity index (χ0v) is 17.4. The average Bonchev–Trinajstić information content (AvgIpc) is 3.44. The monoisotopic (exact) mass is 451 g/mol. The van der Waals surface area contributed by atoms with Gasteiger partial charge < -0.3 is 9.73 Å². The summed E-state index contributed by atoms with van der Waals surface area (Å²) in [5.41, 5.74) is 2.61. The first kappa shape index (κ1) is 19.4. The van der Waals surface area contributed by atoms with Gasteiger partial charge in [-0.05, 0) is 47.5 Å². The van der Waals surface area contributed by atoms with Crippen LogP contribution in [-0.4, -0.2) is 20.7 Å². The molecule has 1 aliphatic rings. The molecule has 1 aliphatic heterocycles. The Morgan fingerprint density at radius 2 is 1.87 bits per heavy atom.